The van der Waals surface area contributed by atoms with Crippen LogP contribution < -0.4 is 0 Å². The second-order valence-corrected chi connectivity index (χ2v) is 3.16. The lowest BCUT2D eigenvalue weighted by Gasteiger charge is -2.25. The molecule has 0 bridgehead atoms. The van der Waals surface area contributed by atoms with Gasteiger partial charge in [0.15, 0.2) is 5.62 Å². The van der Waals surface area contributed by atoms with Crippen LogP contribution in [0.2, 0.25) is 0 Å². The standard InChI is InChI=1S/C7H10Cl2N2O/c1-12-3-2-11-5-6(8)4-10-7(11)9/h4-5,7H,2-3H2,1H3. The lowest BCUT2D eigenvalue weighted by molar-refractivity contribution is 0.165. The zero-order valence-corrected chi connectivity index (χ0v) is 8.22. The number of allylic oxidation sites excluding steroid dienone is 1. The molecule has 0 spiro atoms. The largest absolute Gasteiger partial charge is 0.383 e. The molecule has 0 aromatic heterocycles. The first-order valence-electron chi connectivity index (χ1n) is 3.53. The Hall–Kier alpha value is -0.250. The van der Waals surface area contributed by atoms with Gasteiger partial charge >= 0.3 is 0 Å². The Morgan fingerprint density at radius 3 is 3.17 bits per heavy atom. The number of aliphatic imine (C=N–C) groups is 1. The van der Waals surface area contributed by atoms with Gasteiger partial charge in [-0.25, -0.2) is 0 Å². The number of halogens is 2. The Balaban J connectivity index is 2.47. The molecule has 0 saturated carbocycles. The molecule has 5 heteroatoms. The Labute approximate surface area is 81.6 Å². The maximum absolute atomic E-state index is 5.85. The average Bonchev–Trinajstić information content (AvgIpc) is 2.07. The summed E-state index contributed by atoms with van der Waals surface area (Å²) >= 11 is 11.6. The molecule has 1 unspecified atom stereocenters. The van der Waals surface area contributed by atoms with Crippen molar-refractivity contribution in [2.75, 3.05) is 20.3 Å². The van der Waals surface area contributed by atoms with Crippen LogP contribution in [-0.2, 0) is 4.74 Å². The van der Waals surface area contributed by atoms with Gasteiger partial charge in [0.05, 0.1) is 11.6 Å². The molecule has 68 valence electrons. The molecule has 3 nitrogen and oxygen atoms in total. The molecule has 0 N–H and O–H groups in total. The smallest absolute Gasteiger partial charge is 0.197 e. The van der Waals surface area contributed by atoms with Crippen molar-refractivity contribution < 1.29 is 4.74 Å². The summed E-state index contributed by atoms with van der Waals surface area (Å²) in [7, 11) is 1.64. The maximum Gasteiger partial charge on any atom is 0.197 e. The molecule has 1 rings (SSSR count). The molecule has 0 radical (unpaired) electrons. The van der Waals surface area contributed by atoms with Crippen molar-refractivity contribution >= 4 is 29.4 Å². The molecule has 0 aliphatic carbocycles. The van der Waals surface area contributed by atoms with E-state index in [1.807, 2.05) is 4.90 Å². The van der Waals surface area contributed by atoms with Gasteiger partial charge in [-0.05, 0) is 0 Å². The van der Waals surface area contributed by atoms with Gasteiger partial charge in [0.1, 0.15) is 0 Å². The topological polar surface area (TPSA) is 24.8 Å². The van der Waals surface area contributed by atoms with Crippen molar-refractivity contribution in [1.82, 2.24) is 4.90 Å². The van der Waals surface area contributed by atoms with E-state index in [9.17, 15) is 0 Å². The number of rotatable bonds is 3. The summed E-state index contributed by atoms with van der Waals surface area (Å²) in [5.74, 6) is 0. The predicted molar refractivity (Wildman–Crippen MR) is 50.7 cm³/mol. The monoisotopic (exact) mass is 208 g/mol. The van der Waals surface area contributed by atoms with Gasteiger partial charge in [-0.15, -0.1) is 0 Å². The van der Waals surface area contributed by atoms with Gasteiger partial charge in [-0.2, -0.15) is 0 Å². The highest BCUT2D eigenvalue weighted by molar-refractivity contribution is 6.39. The van der Waals surface area contributed by atoms with Gasteiger partial charge in [0, 0.05) is 26.1 Å². The minimum atomic E-state index is -0.359. The molecule has 1 atom stereocenters. The van der Waals surface area contributed by atoms with Gasteiger partial charge < -0.3 is 9.64 Å². The highest BCUT2D eigenvalue weighted by atomic mass is 35.5. The first kappa shape index (κ1) is 9.84. The number of hydrogen-bond donors (Lipinski definition) is 0. The number of alkyl halides is 1. The van der Waals surface area contributed by atoms with E-state index in [0.717, 1.165) is 0 Å². The first-order valence-corrected chi connectivity index (χ1v) is 4.34. The molecule has 1 aliphatic rings. The van der Waals surface area contributed by atoms with Gasteiger partial charge in [0.25, 0.3) is 0 Å². The molecule has 0 saturated heterocycles. The third-order valence-corrected chi connectivity index (χ3v) is 2.00. The Morgan fingerprint density at radius 1 is 1.75 bits per heavy atom. The van der Waals surface area contributed by atoms with E-state index in [1.54, 1.807) is 19.5 Å². The highest BCUT2D eigenvalue weighted by Gasteiger charge is 2.13. The molecular formula is C7H10Cl2N2O. The van der Waals surface area contributed by atoms with Crippen LogP contribution in [0.1, 0.15) is 0 Å². The van der Waals surface area contributed by atoms with E-state index in [4.69, 9.17) is 27.9 Å². The Morgan fingerprint density at radius 2 is 2.50 bits per heavy atom. The molecular weight excluding hydrogens is 199 g/mol. The third kappa shape index (κ3) is 2.66. The molecule has 0 amide bonds. The lowest BCUT2D eigenvalue weighted by atomic mass is 10.5. The zero-order valence-electron chi connectivity index (χ0n) is 6.70. The van der Waals surface area contributed by atoms with Crippen LogP contribution in [0.25, 0.3) is 0 Å². The summed E-state index contributed by atoms with van der Waals surface area (Å²) < 4.78 is 4.90. The van der Waals surface area contributed by atoms with Crippen molar-refractivity contribution in [2.24, 2.45) is 4.99 Å². The van der Waals surface area contributed by atoms with Crippen molar-refractivity contribution in [3.05, 3.63) is 11.2 Å². The van der Waals surface area contributed by atoms with Crippen molar-refractivity contribution in [3.8, 4) is 0 Å². The average molecular weight is 209 g/mol. The minimum absolute atomic E-state index is 0.359. The van der Waals surface area contributed by atoms with E-state index >= 15 is 0 Å². The summed E-state index contributed by atoms with van der Waals surface area (Å²) in [5.41, 5.74) is -0.359. The fourth-order valence-corrected chi connectivity index (χ4v) is 1.23. The van der Waals surface area contributed by atoms with Crippen molar-refractivity contribution in [1.29, 1.82) is 0 Å². The number of ether oxygens (including phenoxy) is 1. The third-order valence-electron chi connectivity index (χ3n) is 1.44. The molecule has 0 aromatic carbocycles. The van der Waals surface area contributed by atoms with Crippen LogP contribution in [0, 0.1) is 0 Å². The minimum Gasteiger partial charge on any atom is -0.383 e. The fourth-order valence-electron chi connectivity index (χ4n) is 0.839. The molecule has 12 heavy (non-hydrogen) atoms. The maximum atomic E-state index is 5.85. The summed E-state index contributed by atoms with van der Waals surface area (Å²) in [6, 6.07) is 0. The van der Waals surface area contributed by atoms with E-state index in [2.05, 4.69) is 4.99 Å². The van der Waals surface area contributed by atoms with Gasteiger partial charge in [0.2, 0.25) is 0 Å². The molecule has 1 heterocycles. The number of methoxy groups -OCH3 is 1. The molecule has 0 aromatic rings. The van der Waals surface area contributed by atoms with E-state index in [-0.39, 0.29) is 5.62 Å². The van der Waals surface area contributed by atoms with Crippen molar-refractivity contribution in [2.45, 2.75) is 5.62 Å². The van der Waals surface area contributed by atoms with Crippen LogP contribution in [0.15, 0.2) is 16.2 Å². The van der Waals surface area contributed by atoms with Crippen LogP contribution in [0.5, 0.6) is 0 Å². The van der Waals surface area contributed by atoms with Crippen LogP contribution in [-0.4, -0.2) is 37.0 Å². The van der Waals surface area contributed by atoms with Crippen molar-refractivity contribution in [3.63, 3.8) is 0 Å². The Bertz CT molecular complexity index is 206. The SMILES string of the molecule is COCCN1C=C(Cl)C=NC1Cl. The molecule has 0 fully saturated rings. The summed E-state index contributed by atoms with van der Waals surface area (Å²) in [4.78, 5) is 5.77. The summed E-state index contributed by atoms with van der Waals surface area (Å²) in [6.07, 6.45) is 3.30. The zero-order chi connectivity index (χ0) is 8.97. The summed E-state index contributed by atoms with van der Waals surface area (Å²) in [5, 5.41) is 0.586. The lowest BCUT2D eigenvalue weighted by Crippen LogP contribution is -2.30. The Kier molecular flexibility index (Phi) is 3.85. The molecule has 1 aliphatic heterocycles. The normalized spacial score (nSPS) is 22.8. The van der Waals surface area contributed by atoms with Crippen LogP contribution in [0.3, 0.4) is 0 Å². The second kappa shape index (κ2) is 4.70. The van der Waals surface area contributed by atoms with E-state index in [0.29, 0.717) is 18.2 Å². The quantitative estimate of drug-likeness (QED) is 0.521. The predicted octanol–water partition coefficient (Wildman–Crippen LogP) is 1.62. The van der Waals surface area contributed by atoms with Crippen LogP contribution in [0.4, 0.5) is 0 Å². The number of hydrogen-bond acceptors (Lipinski definition) is 3. The van der Waals surface area contributed by atoms with Gasteiger partial charge in [-0.3, -0.25) is 4.99 Å². The summed E-state index contributed by atoms with van der Waals surface area (Å²) in [6.45, 7) is 1.30. The van der Waals surface area contributed by atoms with E-state index < -0.39 is 0 Å². The number of nitrogens with zero attached hydrogens (tertiary/aromatic N) is 2. The van der Waals surface area contributed by atoms with Gasteiger partial charge in [-0.1, -0.05) is 23.2 Å². The highest BCUT2D eigenvalue weighted by Crippen LogP contribution is 2.15. The van der Waals surface area contributed by atoms with Crippen LogP contribution >= 0.6 is 23.2 Å². The second-order valence-electron chi connectivity index (χ2n) is 2.33. The first-order chi connectivity index (χ1) is 5.74. The van der Waals surface area contributed by atoms with E-state index in [1.165, 1.54) is 0 Å². The fraction of sp³-hybridized carbons (Fsp3) is 0.571.